The molecule has 11 heteroatoms. The van der Waals surface area contributed by atoms with Gasteiger partial charge in [0, 0.05) is 5.56 Å². The van der Waals surface area contributed by atoms with E-state index in [0.717, 1.165) is 16.6 Å². The van der Waals surface area contributed by atoms with Gasteiger partial charge in [-0.3, -0.25) is 9.36 Å². The lowest BCUT2D eigenvalue weighted by Crippen LogP contribution is -2.52. The van der Waals surface area contributed by atoms with Crippen molar-refractivity contribution in [1.82, 2.24) is 14.1 Å². The Labute approximate surface area is 260 Å². The zero-order chi connectivity index (χ0) is 32.4. The largest absolute Gasteiger partial charge is 0.496 e. The topological polar surface area (TPSA) is 126 Å². The Morgan fingerprint density at radius 1 is 1.20 bits per heavy atom. The van der Waals surface area contributed by atoms with E-state index in [1.54, 1.807) is 14.0 Å². The first-order valence-corrected chi connectivity index (χ1v) is 15.6. The van der Waals surface area contributed by atoms with Gasteiger partial charge in [0.05, 0.1) is 36.2 Å². The number of aromatic nitrogens is 3. The van der Waals surface area contributed by atoms with Gasteiger partial charge in [0.2, 0.25) is 5.89 Å². The van der Waals surface area contributed by atoms with Crippen molar-refractivity contribution in [3.63, 3.8) is 0 Å². The Bertz CT molecular complexity index is 1830. The minimum Gasteiger partial charge on any atom is -0.496 e. The van der Waals surface area contributed by atoms with E-state index in [2.05, 4.69) is 39.6 Å². The third-order valence-electron chi connectivity index (χ3n) is 10.3. The Morgan fingerprint density at radius 3 is 2.45 bits per heavy atom. The van der Waals surface area contributed by atoms with Gasteiger partial charge in [-0.25, -0.2) is 19.1 Å². The highest BCUT2D eigenvalue weighted by Gasteiger charge is 2.54. The fraction of sp³-hybridized carbons (Fsp3) is 0.515. The molecule has 1 N–H and O–H groups in total. The fourth-order valence-corrected chi connectivity index (χ4v) is 7.57. The van der Waals surface area contributed by atoms with Crippen LogP contribution in [0.1, 0.15) is 72.1 Å². The van der Waals surface area contributed by atoms with Crippen LogP contribution < -0.4 is 16.0 Å². The highest BCUT2D eigenvalue weighted by atomic mass is 32.1. The lowest BCUT2D eigenvalue weighted by Gasteiger charge is -2.41. The number of oxazole rings is 1. The number of benzene rings is 1. The molecular formula is C33H41N3O7S. The molecule has 1 saturated carbocycles. The number of methoxy groups -OCH3 is 1. The zero-order valence-electron chi connectivity index (χ0n) is 26.8. The number of hydrogen-bond donors (Lipinski definition) is 1. The standard InChI is InChI=1S/C33H41N3O7S/c1-18-16-23(32(5,6)31(18,3)4)43-22(20-12-10-11-13-21(20)41-9)17-35-28-24(19(2)25(44-28)26-34-14-15-42-26)27(37)36(30(35)40)33(7,8)29(38)39/h10-15,18,22-23H,16-17H2,1-9H3,(H,38,39)/t18-,22?,23-/m0/s1. The van der Waals surface area contributed by atoms with Crippen LogP contribution in [0.5, 0.6) is 5.75 Å². The van der Waals surface area contributed by atoms with Gasteiger partial charge >= 0.3 is 11.7 Å². The Balaban J connectivity index is 1.77. The van der Waals surface area contributed by atoms with Gasteiger partial charge in [0.25, 0.3) is 5.56 Å². The van der Waals surface area contributed by atoms with E-state index in [9.17, 15) is 19.5 Å². The van der Waals surface area contributed by atoms with Gasteiger partial charge in [0.15, 0.2) is 0 Å². The molecular weight excluding hydrogens is 582 g/mol. The van der Waals surface area contributed by atoms with E-state index in [-0.39, 0.29) is 28.9 Å². The highest BCUT2D eigenvalue weighted by molar-refractivity contribution is 7.22. The maximum atomic E-state index is 14.3. The van der Waals surface area contributed by atoms with E-state index in [1.807, 2.05) is 24.3 Å². The first-order chi connectivity index (χ1) is 20.5. The van der Waals surface area contributed by atoms with Gasteiger partial charge < -0.3 is 19.0 Å². The number of nitrogens with zero attached hydrogens (tertiary/aromatic N) is 3. The predicted octanol–water partition coefficient (Wildman–Crippen LogP) is 6.24. The summed E-state index contributed by atoms with van der Waals surface area (Å²) in [7, 11) is 1.59. The third kappa shape index (κ3) is 4.81. The molecule has 0 spiro atoms. The molecule has 3 heterocycles. The van der Waals surface area contributed by atoms with Crippen LogP contribution in [-0.2, 0) is 21.6 Å². The minimum atomic E-state index is -1.82. The molecule has 0 saturated heterocycles. The van der Waals surface area contributed by atoms with Gasteiger partial charge in [-0.05, 0) is 55.6 Å². The second-order valence-corrected chi connectivity index (χ2v) is 14.4. The first kappa shape index (κ1) is 31.7. The smallest absolute Gasteiger partial charge is 0.333 e. The third-order valence-corrected chi connectivity index (χ3v) is 11.7. The van der Waals surface area contributed by atoms with Gasteiger partial charge in [-0.2, -0.15) is 0 Å². The lowest BCUT2D eigenvalue weighted by molar-refractivity contribution is -0.146. The van der Waals surface area contributed by atoms with Crippen molar-refractivity contribution in [2.24, 2.45) is 16.7 Å². The molecule has 1 aliphatic carbocycles. The molecule has 4 aromatic rings. The summed E-state index contributed by atoms with van der Waals surface area (Å²) in [5.41, 5.74) is -2.14. The molecule has 5 rings (SSSR count). The molecule has 236 valence electrons. The zero-order valence-corrected chi connectivity index (χ0v) is 27.6. The summed E-state index contributed by atoms with van der Waals surface area (Å²) in [6, 6.07) is 7.52. The van der Waals surface area contributed by atoms with Gasteiger partial charge in [0.1, 0.15) is 28.5 Å². The SMILES string of the molecule is COc1ccccc1C(Cn1c(=O)n(C(C)(C)C(=O)O)c(=O)c2c(C)c(-c3ncco3)sc21)O[C@H]1C[C@H](C)C(C)(C)C1(C)C. The number of aliphatic carboxylic acids is 1. The summed E-state index contributed by atoms with van der Waals surface area (Å²) in [5.74, 6) is 0.00111. The lowest BCUT2D eigenvalue weighted by atomic mass is 9.67. The van der Waals surface area contributed by atoms with Crippen molar-refractivity contribution < 1.29 is 23.8 Å². The van der Waals surface area contributed by atoms with Gasteiger partial charge in [-0.15, -0.1) is 11.3 Å². The summed E-state index contributed by atoms with van der Waals surface area (Å²) in [5, 5.41) is 10.4. The molecule has 1 aliphatic rings. The molecule has 1 aromatic carbocycles. The Hall–Kier alpha value is -3.70. The first-order valence-electron chi connectivity index (χ1n) is 14.8. The van der Waals surface area contributed by atoms with Crippen LogP contribution in [0.3, 0.4) is 0 Å². The molecule has 3 aromatic heterocycles. The van der Waals surface area contributed by atoms with E-state index >= 15 is 0 Å². The number of thiophene rings is 1. The monoisotopic (exact) mass is 623 g/mol. The van der Waals surface area contributed by atoms with Crippen LogP contribution in [0.25, 0.3) is 21.0 Å². The fourth-order valence-electron chi connectivity index (χ4n) is 6.33. The number of carboxylic acid groups (broad SMARTS) is 1. The van der Waals surface area contributed by atoms with E-state index in [0.29, 0.717) is 32.8 Å². The average Bonchev–Trinajstić information content (AvgIpc) is 3.64. The van der Waals surface area contributed by atoms with Crippen LogP contribution in [-0.4, -0.2) is 38.4 Å². The average molecular weight is 624 g/mol. The molecule has 1 fully saturated rings. The molecule has 44 heavy (non-hydrogen) atoms. The van der Waals surface area contributed by atoms with Crippen LogP contribution in [0, 0.1) is 23.7 Å². The van der Waals surface area contributed by atoms with Crippen molar-refractivity contribution in [2.45, 2.75) is 86.1 Å². The van der Waals surface area contributed by atoms with Crippen LogP contribution >= 0.6 is 11.3 Å². The second kappa shape index (κ2) is 11.0. The number of carboxylic acids is 1. The van der Waals surface area contributed by atoms with Crippen LogP contribution in [0.4, 0.5) is 0 Å². The molecule has 1 unspecified atom stereocenters. The number of hydrogen-bond acceptors (Lipinski definition) is 8. The molecule has 0 aliphatic heterocycles. The summed E-state index contributed by atoms with van der Waals surface area (Å²) in [4.78, 5) is 46.0. The Kier molecular flexibility index (Phi) is 7.95. The summed E-state index contributed by atoms with van der Waals surface area (Å²) >= 11 is 1.21. The number of para-hydroxylation sites is 1. The number of aryl methyl sites for hydroxylation is 1. The van der Waals surface area contributed by atoms with Crippen molar-refractivity contribution in [3.05, 3.63) is 68.7 Å². The molecule has 3 atom stereocenters. The van der Waals surface area contributed by atoms with E-state index in [1.165, 1.54) is 42.2 Å². The molecule has 10 nitrogen and oxygen atoms in total. The van der Waals surface area contributed by atoms with Gasteiger partial charge in [-0.1, -0.05) is 52.8 Å². The van der Waals surface area contributed by atoms with Crippen molar-refractivity contribution in [2.75, 3.05) is 7.11 Å². The molecule has 0 radical (unpaired) electrons. The van der Waals surface area contributed by atoms with E-state index < -0.39 is 28.9 Å². The number of ether oxygens (including phenoxy) is 2. The van der Waals surface area contributed by atoms with Crippen molar-refractivity contribution >= 4 is 27.5 Å². The van der Waals surface area contributed by atoms with Crippen LogP contribution in [0.15, 0.2) is 50.7 Å². The predicted molar refractivity (Wildman–Crippen MR) is 169 cm³/mol. The molecule has 0 bridgehead atoms. The minimum absolute atomic E-state index is 0.0120. The summed E-state index contributed by atoms with van der Waals surface area (Å²) < 4.78 is 20.6. The van der Waals surface area contributed by atoms with Crippen LogP contribution in [0.2, 0.25) is 0 Å². The van der Waals surface area contributed by atoms with Crippen molar-refractivity contribution in [1.29, 1.82) is 0 Å². The summed E-state index contributed by atoms with van der Waals surface area (Å²) in [6.45, 7) is 15.7. The normalized spacial score (nSPS) is 20.2. The maximum absolute atomic E-state index is 14.3. The second-order valence-electron chi connectivity index (χ2n) is 13.4. The number of rotatable bonds is 9. The van der Waals surface area contributed by atoms with E-state index in [4.69, 9.17) is 13.9 Å². The number of carbonyl (C=O) groups is 1. The quantitative estimate of drug-likeness (QED) is 0.232. The molecule has 0 amide bonds. The number of fused-ring (bicyclic) bond motifs is 1. The van der Waals surface area contributed by atoms with Crippen molar-refractivity contribution in [3.8, 4) is 16.5 Å². The Morgan fingerprint density at radius 2 is 1.89 bits per heavy atom. The summed E-state index contributed by atoms with van der Waals surface area (Å²) in [6.07, 6.45) is 2.96. The maximum Gasteiger partial charge on any atom is 0.333 e. The highest BCUT2D eigenvalue weighted by Crippen LogP contribution is 2.57.